The van der Waals surface area contributed by atoms with E-state index in [-0.39, 0.29) is 5.92 Å². The van der Waals surface area contributed by atoms with Crippen LogP contribution in [0.1, 0.15) is 13.3 Å². The Morgan fingerprint density at radius 1 is 1.60 bits per heavy atom. The Bertz CT molecular complexity index is 110. The number of hydrogen-bond acceptors (Lipinski definition) is 3. The molecule has 1 saturated heterocycles. The van der Waals surface area contributed by atoms with E-state index in [9.17, 15) is 4.79 Å². The first-order chi connectivity index (χ1) is 4.88. The van der Waals surface area contributed by atoms with Crippen LogP contribution in [0.15, 0.2) is 0 Å². The van der Waals surface area contributed by atoms with E-state index >= 15 is 0 Å². The fourth-order valence-corrected chi connectivity index (χ4v) is 4.18. The summed E-state index contributed by atoms with van der Waals surface area (Å²) < 4.78 is 0.558. The van der Waals surface area contributed by atoms with Crippen LogP contribution in [-0.4, -0.2) is 22.4 Å². The molecule has 0 radical (unpaired) electrons. The Hall–Kier alpha value is 0.370. The normalized spacial score (nSPS) is 22.9. The zero-order chi connectivity index (χ0) is 7.40. The quantitative estimate of drug-likeness (QED) is 0.612. The Morgan fingerprint density at radius 2 is 2.20 bits per heavy atom. The summed E-state index contributed by atoms with van der Waals surface area (Å²) in [7, 11) is 0. The van der Waals surface area contributed by atoms with Crippen LogP contribution in [-0.2, 0) is 4.79 Å². The fourth-order valence-electron chi connectivity index (χ4n) is 0.977. The van der Waals surface area contributed by atoms with Crippen LogP contribution in [0.4, 0.5) is 0 Å². The lowest BCUT2D eigenvalue weighted by molar-refractivity contribution is -0.110. The Kier molecular flexibility index (Phi) is 3.63. The van der Waals surface area contributed by atoms with Gasteiger partial charge >= 0.3 is 0 Å². The average Bonchev–Trinajstić information content (AvgIpc) is 2.43. The van der Waals surface area contributed by atoms with Gasteiger partial charge in [0, 0.05) is 17.4 Å². The number of rotatable bonds is 3. The summed E-state index contributed by atoms with van der Waals surface area (Å²) in [4.78, 5) is 10.5. The summed E-state index contributed by atoms with van der Waals surface area (Å²) in [5, 5.41) is 0. The van der Waals surface area contributed by atoms with Gasteiger partial charge in [0.25, 0.3) is 0 Å². The molecule has 10 heavy (non-hydrogen) atoms. The molecular weight excluding hydrogens is 164 g/mol. The largest absolute Gasteiger partial charge is 0.303 e. The van der Waals surface area contributed by atoms with Crippen molar-refractivity contribution in [2.75, 3.05) is 11.5 Å². The number of carbonyl (C=O) groups is 1. The molecule has 0 aromatic carbocycles. The number of hydrogen-bond donors (Lipinski definition) is 0. The molecule has 0 saturated carbocycles. The molecule has 0 N–H and O–H groups in total. The van der Waals surface area contributed by atoms with Crippen molar-refractivity contribution in [2.45, 2.75) is 17.9 Å². The number of aldehydes is 1. The first-order valence-corrected chi connectivity index (χ1v) is 5.66. The van der Waals surface area contributed by atoms with Crippen molar-refractivity contribution in [3.05, 3.63) is 0 Å². The van der Waals surface area contributed by atoms with Crippen molar-refractivity contribution < 1.29 is 4.79 Å². The highest BCUT2D eigenvalue weighted by Crippen LogP contribution is 2.37. The maximum Gasteiger partial charge on any atom is 0.125 e. The van der Waals surface area contributed by atoms with Crippen molar-refractivity contribution in [3.63, 3.8) is 0 Å². The minimum Gasteiger partial charge on any atom is -0.303 e. The van der Waals surface area contributed by atoms with E-state index in [4.69, 9.17) is 0 Å². The van der Waals surface area contributed by atoms with Crippen molar-refractivity contribution in [1.29, 1.82) is 0 Å². The maximum atomic E-state index is 10.5. The van der Waals surface area contributed by atoms with Gasteiger partial charge in [-0.1, -0.05) is 6.92 Å². The first-order valence-electron chi connectivity index (χ1n) is 3.57. The van der Waals surface area contributed by atoms with E-state index in [1.807, 2.05) is 23.5 Å². The molecule has 58 valence electrons. The van der Waals surface area contributed by atoms with Crippen LogP contribution < -0.4 is 0 Å². The highest BCUT2D eigenvalue weighted by molar-refractivity contribution is 8.20. The Morgan fingerprint density at radius 3 is 2.60 bits per heavy atom. The summed E-state index contributed by atoms with van der Waals surface area (Å²) >= 11 is 3.86. The smallest absolute Gasteiger partial charge is 0.125 e. The lowest BCUT2D eigenvalue weighted by Gasteiger charge is -2.12. The van der Waals surface area contributed by atoms with Crippen LogP contribution >= 0.6 is 23.5 Å². The predicted octanol–water partition coefficient (Wildman–Crippen LogP) is 2.02. The minimum atomic E-state index is 0.289. The highest BCUT2D eigenvalue weighted by atomic mass is 32.2. The zero-order valence-corrected chi connectivity index (χ0v) is 7.71. The molecule has 0 aromatic heterocycles. The second kappa shape index (κ2) is 4.29. The summed E-state index contributed by atoms with van der Waals surface area (Å²) in [6.07, 6.45) is 2.10. The standard InChI is InChI=1S/C7H12OS2/c1-2-6(5-8)7-9-3-4-10-7/h5-7H,2-4H2,1H3. The van der Waals surface area contributed by atoms with E-state index < -0.39 is 0 Å². The van der Waals surface area contributed by atoms with E-state index in [1.54, 1.807) is 0 Å². The molecule has 0 amide bonds. The lowest BCUT2D eigenvalue weighted by atomic mass is 10.1. The molecule has 1 aliphatic heterocycles. The Labute approximate surface area is 70.3 Å². The molecule has 0 spiro atoms. The second-order valence-electron chi connectivity index (χ2n) is 2.32. The summed E-state index contributed by atoms with van der Waals surface area (Å²) in [5.74, 6) is 2.73. The third-order valence-corrected chi connectivity index (χ3v) is 4.95. The van der Waals surface area contributed by atoms with Crippen LogP contribution in [0.2, 0.25) is 0 Å². The predicted molar refractivity (Wildman–Crippen MR) is 48.5 cm³/mol. The van der Waals surface area contributed by atoms with Crippen LogP contribution in [0, 0.1) is 5.92 Å². The molecular formula is C7H12OS2. The van der Waals surface area contributed by atoms with Crippen LogP contribution in [0.3, 0.4) is 0 Å². The number of thioether (sulfide) groups is 2. The summed E-state index contributed by atoms with van der Waals surface area (Å²) in [6.45, 7) is 2.08. The Balaban J connectivity index is 2.36. The van der Waals surface area contributed by atoms with Gasteiger partial charge in [-0.2, -0.15) is 0 Å². The van der Waals surface area contributed by atoms with Gasteiger partial charge in [-0.25, -0.2) is 0 Å². The third kappa shape index (κ3) is 1.92. The molecule has 1 atom stereocenters. The number of carbonyl (C=O) groups excluding carboxylic acids is 1. The first kappa shape index (κ1) is 8.47. The van der Waals surface area contributed by atoms with Crippen molar-refractivity contribution in [2.24, 2.45) is 5.92 Å². The molecule has 1 nitrogen and oxygen atoms in total. The van der Waals surface area contributed by atoms with Gasteiger partial charge in [0.15, 0.2) is 0 Å². The molecule has 1 rings (SSSR count). The molecule has 0 bridgehead atoms. The SMILES string of the molecule is CCC(C=O)C1SCCS1. The minimum absolute atomic E-state index is 0.289. The van der Waals surface area contributed by atoms with Crippen LogP contribution in [0.5, 0.6) is 0 Å². The molecule has 1 fully saturated rings. The van der Waals surface area contributed by atoms with E-state index in [2.05, 4.69) is 6.92 Å². The van der Waals surface area contributed by atoms with Gasteiger partial charge in [-0.15, -0.1) is 23.5 Å². The summed E-state index contributed by atoms with van der Waals surface area (Å²) in [6, 6.07) is 0. The van der Waals surface area contributed by atoms with Crippen molar-refractivity contribution in [1.82, 2.24) is 0 Å². The zero-order valence-electron chi connectivity index (χ0n) is 6.08. The van der Waals surface area contributed by atoms with Gasteiger partial charge in [-0.3, -0.25) is 0 Å². The maximum absolute atomic E-state index is 10.5. The second-order valence-corrected chi connectivity index (χ2v) is 5.12. The molecule has 3 heteroatoms. The van der Waals surface area contributed by atoms with Crippen molar-refractivity contribution >= 4 is 29.8 Å². The van der Waals surface area contributed by atoms with Crippen molar-refractivity contribution in [3.8, 4) is 0 Å². The molecule has 1 unspecified atom stereocenters. The van der Waals surface area contributed by atoms with Crippen LogP contribution in [0.25, 0.3) is 0 Å². The average molecular weight is 176 g/mol. The molecule has 1 aliphatic rings. The summed E-state index contributed by atoms with van der Waals surface area (Å²) in [5.41, 5.74) is 0. The molecule has 1 heterocycles. The van der Waals surface area contributed by atoms with E-state index in [0.29, 0.717) is 4.58 Å². The third-order valence-electron chi connectivity index (χ3n) is 1.64. The molecule has 0 aliphatic carbocycles. The van der Waals surface area contributed by atoms with Gasteiger partial charge < -0.3 is 4.79 Å². The van der Waals surface area contributed by atoms with E-state index in [0.717, 1.165) is 12.7 Å². The fraction of sp³-hybridized carbons (Fsp3) is 0.857. The van der Waals surface area contributed by atoms with Gasteiger partial charge in [0.2, 0.25) is 0 Å². The van der Waals surface area contributed by atoms with Gasteiger partial charge in [-0.05, 0) is 6.42 Å². The molecule has 0 aromatic rings. The highest BCUT2D eigenvalue weighted by Gasteiger charge is 2.23. The lowest BCUT2D eigenvalue weighted by Crippen LogP contribution is -2.11. The van der Waals surface area contributed by atoms with Gasteiger partial charge in [0.05, 0.1) is 4.58 Å². The van der Waals surface area contributed by atoms with E-state index in [1.165, 1.54) is 11.5 Å². The van der Waals surface area contributed by atoms with Gasteiger partial charge in [0.1, 0.15) is 6.29 Å². The topological polar surface area (TPSA) is 17.1 Å². The monoisotopic (exact) mass is 176 g/mol.